The summed E-state index contributed by atoms with van der Waals surface area (Å²) in [5.41, 5.74) is 3.48. The highest BCUT2D eigenvalue weighted by molar-refractivity contribution is 7.73. The zero-order valence-corrected chi connectivity index (χ0v) is 26.3. The average Bonchev–Trinajstić information content (AvgIpc) is 3.47. The van der Waals surface area contributed by atoms with Gasteiger partial charge in [0.1, 0.15) is 30.3 Å². The second-order valence-electron chi connectivity index (χ2n) is 10.1. The standard InChI is InChI=1S/C31H29ClFN5O4S2/c1-19(2)29(44(39)40)16-41-10-4-7-30-38-27(17-43-30)25-13-23-26(14-34-25)35-18-36-31(23)37-22-8-9-28(24(32)12-22)42-15-20-5-3-6-21(33)11-20/h3,5-6,8-9,11-14,17-19H,4,7,10,15-16H2,1-2H3,(H,35,36,37). The maximum absolute atomic E-state index is 13.5. The van der Waals surface area contributed by atoms with E-state index in [2.05, 4.69) is 20.3 Å². The quantitative estimate of drug-likeness (QED) is 0.107. The van der Waals surface area contributed by atoms with Crippen LogP contribution in [0, 0.1) is 11.7 Å². The van der Waals surface area contributed by atoms with E-state index < -0.39 is 10.3 Å². The van der Waals surface area contributed by atoms with Crippen LogP contribution in [0.25, 0.3) is 22.3 Å². The Morgan fingerprint density at radius 1 is 1.09 bits per heavy atom. The number of fused-ring (bicyclic) bond motifs is 1. The molecule has 0 amide bonds. The molecule has 44 heavy (non-hydrogen) atoms. The molecule has 5 aromatic rings. The Morgan fingerprint density at radius 2 is 1.95 bits per heavy atom. The van der Waals surface area contributed by atoms with Gasteiger partial charge in [-0.25, -0.2) is 19.3 Å². The Morgan fingerprint density at radius 3 is 2.73 bits per heavy atom. The molecule has 0 radical (unpaired) electrons. The largest absolute Gasteiger partial charge is 0.487 e. The van der Waals surface area contributed by atoms with Gasteiger partial charge in [0.15, 0.2) is 0 Å². The SMILES string of the molecule is CC(C)C(COCCCc1nc(-c2cc3c(Nc4ccc(OCc5cccc(F)c5)c(Cl)c4)ncnc3cn2)cs1)=S(=O)=O. The molecule has 0 aliphatic heterocycles. The van der Waals surface area contributed by atoms with Crippen molar-refractivity contribution in [2.45, 2.75) is 33.3 Å². The molecule has 0 aliphatic rings. The Hall–Kier alpha value is -3.97. The van der Waals surface area contributed by atoms with Gasteiger partial charge < -0.3 is 14.8 Å². The summed E-state index contributed by atoms with van der Waals surface area (Å²) in [4.78, 5) is 18.5. The molecular weight excluding hydrogens is 625 g/mol. The number of hydrogen-bond donors (Lipinski definition) is 1. The molecule has 13 heteroatoms. The lowest BCUT2D eigenvalue weighted by Gasteiger charge is -2.12. The zero-order valence-electron chi connectivity index (χ0n) is 24.0. The molecule has 0 aliphatic carbocycles. The highest BCUT2D eigenvalue weighted by Crippen LogP contribution is 2.32. The van der Waals surface area contributed by atoms with Crippen LogP contribution >= 0.6 is 22.9 Å². The van der Waals surface area contributed by atoms with Crippen molar-refractivity contribution >= 4 is 60.5 Å². The number of anilines is 2. The molecule has 0 atom stereocenters. The van der Waals surface area contributed by atoms with Crippen molar-refractivity contribution in [2.75, 3.05) is 18.5 Å². The van der Waals surface area contributed by atoms with Gasteiger partial charge in [-0.3, -0.25) is 4.98 Å². The second-order valence-corrected chi connectivity index (χ2v) is 12.5. The first-order valence-electron chi connectivity index (χ1n) is 13.8. The summed E-state index contributed by atoms with van der Waals surface area (Å²) in [5, 5.41) is 7.34. The van der Waals surface area contributed by atoms with Crippen LogP contribution in [-0.2, 0) is 28.1 Å². The molecule has 0 fully saturated rings. The number of ether oxygens (including phenoxy) is 2. The number of nitrogens with zero attached hydrogens (tertiary/aromatic N) is 4. The molecule has 228 valence electrons. The van der Waals surface area contributed by atoms with E-state index in [0.717, 1.165) is 16.1 Å². The highest BCUT2D eigenvalue weighted by atomic mass is 35.5. The van der Waals surface area contributed by atoms with Gasteiger partial charge in [-0.1, -0.05) is 37.6 Å². The zero-order chi connectivity index (χ0) is 31.1. The molecule has 3 heterocycles. The van der Waals surface area contributed by atoms with Crippen LogP contribution in [0.2, 0.25) is 5.02 Å². The molecule has 0 bridgehead atoms. The molecule has 1 N–H and O–H groups in total. The number of hydrogen-bond acceptors (Lipinski definition) is 10. The molecule has 2 aromatic carbocycles. The number of aromatic nitrogens is 4. The van der Waals surface area contributed by atoms with E-state index in [-0.39, 0.29) is 24.9 Å². The maximum atomic E-state index is 13.5. The van der Waals surface area contributed by atoms with Gasteiger partial charge in [-0.2, -0.15) is 8.42 Å². The van der Waals surface area contributed by atoms with Crippen LogP contribution in [-0.4, -0.2) is 46.4 Å². The Labute approximate surface area is 264 Å². The third-order valence-corrected chi connectivity index (χ3v) is 8.82. The minimum atomic E-state index is -2.24. The summed E-state index contributed by atoms with van der Waals surface area (Å²) in [6, 6.07) is 13.4. The number of halogens is 2. The number of thiazole rings is 1. The number of pyridine rings is 1. The van der Waals surface area contributed by atoms with Gasteiger partial charge in [-0.15, -0.1) is 11.3 Å². The van der Waals surface area contributed by atoms with E-state index in [1.165, 1.54) is 29.8 Å². The number of rotatable bonds is 13. The Bertz CT molecular complexity index is 1910. The minimum Gasteiger partial charge on any atom is -0.487 e. The van der Waals surface area contributed by atoms with Crippen LogP contribution in [0.3, 0.4) is 0 Å². The van der Waals surface area contributed by atoms with Crippen molar-refractivity contribution in [3.05, 3.63) is 87.8 Å². The highest BCUT2D eigenvalue weighted by Gasteiger charge is 2.13. The predicted octanol–water partition coefficient (Wildman–Crippen LogP) is 6.92. The lowest BCUT2D eigenvalue weighted by atomic mass is 10.1. The predicted molar refractivity (Wildman–Crippen MR) is 172 cm³/mol. The van der Waals surface area contributed by atoms with E-state index in [1.54, 1.807) is 30.5 Å². The van der Waals surface area contributed by atoms with Crippen molar-refractivity contribution in [1.29, 1.82) is 0 Å². The molecule has 5 rings (SSSR count). The molecule has 0 saturated carbocycles. The van der Waals surface area contributed by atoms with Gasteiger partial charge in [-0.05, 0) is 54.3 Å². The fourth-order valence-corrected chi connectivity index (χ4v) is 5.90. The molecule has 0 spiro atoms. The first-order valence-corrected chi connectivity index (χ1v) is 16.1. The van der Waals surface area contributed by atoms with Crippen molar-refractivity contribution in [2.24, 2.45) is 5.92 Å². The third kappa shape index (κ3) is 8.14. The van der Waals surface area contributed by atoms with E-state index in [9.17, 15) is 12.8 Å². The lowest BCUT2D eigenvalue weighted by Crippen LogP contribution is -2.17. The minimum absolute atomic E-state index is 0.0809. The first-order chi connectivity index (χ1) is 21.3. The van der Waals surface area contributed by atoms with Crippen molar-refractivity contribution in [3.8, 4) is 17.1 Å². The maximum Gasteiger partial charge on any atom is 0.215 e. The average molecular weight is 654 g/mol. The van der Waals surface area contributed by atoms with Gasteiger partial charge in [0.25, 0.3) is 0 Å². The molecule has 0 saturated heterocycles. The summed E-state index contributed by atoms with van der Waals surface area (Å²) in [6.07, 6.45) is 4.57. The summed E-state index contributed by atoms with van der Waals surface area (Å²) in [7, 11) is -2.24. The van der Waals surface area contributed by atoms with Crippen LogP contribution in [0.4, 0.5) is 15.9 Å². The van der Waals surface area contributed by atoms with Crippen molar-refractivity contribution in [1.82, 2.24) is 19.9 Å². The molecule has 3 aromatic heterocycles. The summed E-state index contributed by atoms with van der Waals surface area (Å²) in [6.45, 7) is 4.40. The van der Waals surface area contributed by atoms with Crippen LogP contribution in [0.5, 0.6) is 5.75 Å². The van der Waals surface area contributed by atoms with Crippen LogP contribution < -0.4 is 10.1 Å². The molecule has 0 unspecified atom stereocenters. The summed E-state index contributed by atoms with van der Waals surface area (Å²) < 4.78 is 47.4. The van der Waals surface area contributed by atoms with Crippen LogP contribution in [0.15, 0.2) is 66.4 Å². The topological polar surface area (TPSA) is 116 Å². The monoisotopic (exact) mass is 653 g/mol. The molecular formula is C31H29ClFN5O4S2. The van der Waals surface area contributed by atoms with E-state index in [4.69, 9.17) is 26.1 Å². The Balaban J connectivity index is 1.23. The fraction of sp³-hybridized carbons (Fsp3) is 0.258. The summed E-state index contributed by atoms with van der Waals surface area (Å²) >= 11 is 8.02. The summed E-state index contributed by atoms with van der Waals surface area (Å²) in [5.74, 6) is 0.649. The first kappa shape index (κ1) is 31.5. The lowest BCUT2D eigenvalue weighted by molar-refractivity contribution is 0.168. The van der Waals surface area contributed by atoms with Gasteiger partial charge in [0, 0.05) is 29.5 Å². The fourth-order valence-electron chi connectivity index (χ4n) is 4.27. The van der Waals surface area contributed by atoms with E-state index in [0.29, 0.717) is 63.4 Å². The third-order valence-electron chi connectivity index (χ3n) is 6.60. The van der Waals surface area contributed by atoms with Crippen molar-refractivity contribution < 1.29 is 22.3 Å². The molecule has 9 nitrogen and oxygen atoms in total. The van der Waals surface area contributed by atoms with Gasteiger partial charge >= 0.3 is 0 Å². The van der Waals surface area contributed by atoms with Gasteiger partial charge in [0.05, 0.1) is 44.6 Å². The number of aryl methyl sites for hydroxylation is 1. The Kier molecular flexibility index (Phi) is 10.5. The number of benzene rings is 2. The van der Waals surface area contributed by atoms with Gasteiger partial charge in [0.2, 0.25) is 10.3 Å². The van der Waals surface area contributed by atoms with Crippen molar-refractivity contribution in [3.63, 3.8) is 0 Å². The normalized spacial score (nSPS) is 11.2. The number of nitrogens with one attached hydrogen (secondary N) is 1. The van der Waals surface area contributed by atoms with E-state index in [1.807, 2.05) is 31.4 Å². The van der Waals surface area contributed by atoms with Crippen LogP contribution in [0.1, 0.15) is 30.8 Å². The van der Waals surface area contributed by atoms with E-state index >= 15 is 0 Å². The smallest absolute Gasteiger partial charge is 0.215 e. The second kappa shape index (κ2) is 14.7.